The van der Waals surface area contributed by atoms with Gasteiger partial charge >= 0.3 is 0 Å². The highest BCUT2D eigenvalue weighted by atomic mass is 16.7. The first kappa shape index (κ1) is 16.0. The van der Waals surface area contributed by atoms with Crippen LogP contribution >= 0.6 is 0 Å². The lowest BCUT2D eigenvalue weighted by atomic mass is 10.1. The predicted molar refractivity (Wildman–Crippen MR) is 82.8 cm³/mol. The predicted octanol–water partition coefficient (Wildman–Crippen LogP) is 1.21. The number of likely N-dealkylation sites (tertiary alicyclic amines) is 1. The molecule has 1 fully saturated rings. The number of hydrogen-bond acceptors (Lipinski definition) is 6. The van der Waals surface area contributed by atoms with Gasteiger partial charge in [-0.25, -0.2) is 0 Å². The van der Waals surface area contributed by atoms with Crippen molar-refractivity contribution in [1.82, 2.24) is 4.90 Å². The van der Waals surface area contributed by atoms with Crippen molar-refractivity contribution in [3.05, 3.63) is 11.6 Å². The fraction of sp³-hybridized carbons (Fsp3) is 0.733. The third-order valence-electron chi connectivity index (χ3n) is 3.63. The van der Waals surface area contributed by atoms with E-state index >= 15 is 0 Å². The average molecular weight is 295 g/mol. The average Bonchev–Trinajstić information content (AvgIpc) is 2.53. The van der Waals surface area contributed by atoms with E-state index in [1.54, 1.807) is 13.3 Å². The van der Waals surface area contributed by atoms with E-state index in [0.717, 1.165) is 31.6 Å². The van der Waals surface area contributed by atoms with E-state index < -0.39 is 6.10 Å². The fourth-order valence-corrected chi connectivity index (χ4v) is 2.54. The summed E-state index contributed by atoms with van der Waals surface area (Å²) in [5.41, 5.74) is 0.828. The Kier molecular flexibility index (Phi) is 6.69. The number of aliphatic hydroxyl groups excluding tert-OH is 1. The zero-order chi connectivity index (χ0) is 14.9. The summed E-state index contributed by atoms with van der Waals surface area (Å²) in [7, 11) is 1.55. The Morgan fingerprint density at radius 3 is 2.90 bits per heavy atom. The summed E-state index contributed by atoms with van der Waals surface area (Å²) in [5, 5.41) is 13.9. The minimum absolute atomic E-state index is 0.174. The minimum Gasteiger partial charge on any atom is -0.478 e. The summed E-state index contributed by atoms with van der Waals surface area (Å²) in [6.07, 6.45) is 7.83. The molecule has 6 nitrogen and oxygen atoms in total. The monoisotopic (exact) mass is 295 g/mol. The van der Waals surface area contributed by atoms with Gasteiger partial charge in [-0.2, -0.15) is 0 Å². The maximum absolute atomic E-state index is 9.98. The summed E-state index contributed by atoms with van der Waals surface area (Å²) in [5.74, 6) is 0.406. The van der Waals surface area contributed by atoms with Gasteiger partial charge < -0.3 is 19.6 Å². The van der Waals surface area contributed by atoms with Gasteiger partial charge in [0.05, 0.1) is 12.7 Å². The number of β-amino-alcohol motifs (C(OH)–C–C–N with tert-alkyl or cyclic N) is 1. The molecular weight excluding hydrogens is 270 g/mol. The molecular formula is C15H25N3O3. The first-order valence-electron chi connectivity index (χ1n) is 7.64. The Labute approximate surface area is 126 Å². The Morgan fingerprint density at radius 2 is 2.24 bits per heavy atom. The van der Waals surface area contributed by atoms with Crippen molar-refractivity contribution < 1.29 is 14.7 Å². The smallest absolute Gasteiger partial charge is 0.258 e. The third kappa shape index (κ3) is 5.47. The first-order chi connectivity index (χ1) is 10.3. The molecule has 0 aliphatic carbocycles. The van der Waals surface area contributed by atoms with Gasteiger partial charge in [-0.3, -0.25) is 4.99 Å². The van der Waals surface area contributed by atoms with Crippen LogP contribution in [-0.4, -0.2) is 68.1 Å². The van der Waals surface area contributed by atoms with Gasteiger partial charge in [0.15, 0.2) is 0 Å². The van der Waals surface area contributed by atoms with Crippen molar-refractivity contribution in [2.75, 3.05) is 39.9 Å². The number of rotatable bonds is 6. The van der Waals surface area contributed by atoms with E-state index in [1.165, 1.54) is 19.3 Å². The lowest BCUT2D eigenvalue weighted by Crippen LogP contribution is -2.38. The summed E-state index contributed by atoms with van der Waals surface area (Å²) in [4.78, 5) is 11.7. The van der Waals surface area contributed by atoms with Crippen LogP contribution in [0.1, 0.15) is 25.7 Å². The fourth-order valence-electron chi connectivity index (χ4n) is 2.54. The largest absolute Gasteiger partial charge is 0.478 e. The number of aliphatic hydroxyl groups is 1. The molecule has 2 heterocycles. The summed E-state index contributed by atoms with van der Waals surface area (Å²) < 4.78 is 5.19. The summed E-state index contributed by atoms with van der Waals surface area (Å²) in [6, 6.07) is 0. The van der Waals surface area contributed by atoms with Crippen molar-refractivity contribution in [1.29, 1.82) is 0 Å². The maximum atomic E-state index is 9.98. The van der Waals surface area contributed by atoms with Gasteiger partial charge in [-0.05, 0) is 37.5 Å². The molecule has 1 N–H and O–H groups in total. The quantitative estimate of drug-likeness (QED) is 0.454. The van der Waals surface area contributed by atoms with Gasteiger partial charge in [-0.1, -0.05) is 12.5 Å². The van der Waals surface area contributed by atoms with Crippen molar-refractivity contribution in [2.45, 2.75) is 31.8 Å². The second kappa shape index (κ2) is 8.79. The normalized spacial score (nSPS) is 21.8. The number of aliphatic imine (C=N–C) groups is 1. The number of methoxy groups -OCH3 is 1. The van der Waals surface area contributed by atoms with Crippen LogP contribution in [0.2, 0.25) is 0 Å². The lowest BCUT2D eigenvalue weighted by Gasteiger charge is -2.27. The zero-order valence-electron chi connectivity index (χ0n) is 12.7. The van der Waals surface area contributed by atoms with Crippen LogP contribution in [0.5, 0.6) is 0 Å². The maximum Gasteiger partial charge on any atom is 0.258 e. The van der Waals surface area contributed by atoms with Crippen LogP contribution < -0.4 is 0 Å². The highest BCUT2D eigenvalue weighted by molar-refractivity contribution is 6.12. The number of hydrogen-bond donors (Lipinski definition) is 1. The number of nitrogens with zero attached hydrogens (tertiary/aromatic N) is 3. The van der Waals surface area contributed by atoms with Crippen molar-refractivity contribution in [2.24, 2.45) is 10.1 Å². The minimum atomic E-state index is -0.529. The topological polar surface area (TPSA) is 66.7 Å². The van der Waals surface area contributed by atoms with E-state index in [1.807, 2.05) is 6.08 Å². The Balaban J connectivity index is 1.74. The molecule has 2 rings (SSSR count). The molecule has 118 valence electrons. The Morgan fingerprint density at radius 1 is 1.43 bits per heavy atom. The van der Waals surface area contributed by atoms with E-state index in [4.69, 9.17) is 9.57 Å². The van der Waals surface area contributed by atoms with Gasteiger partial charge in [0.2, 0.25) is 0 Å². The molecule has 1 unspecified atom stereocenters. The molecule has 0 amide bonds. The lowest BCUT2D eigenvalue weighted by molar-refractivity contribution is 0.0139. The molecule has 21 heavy (non-hydrogen) atoms. The molecule has 2 aliphatic rings. The van der Waals surface area contributed by atoms with Crippen molar-refractivity contribution >= 4 is 12.1 Å². The molecule has 2 aliphatic heterocycles. The number of piperidine rings is 1. The molecule has 0 aromatic rings. The Hall–Kier alpha value is -1.40. The summed E-state index contributed by atoms with van der Waals surface area (Å²) in [6.45, 7) is 3.74. The van der Waals surface area contributed by atoms with Crippen LogP contribution in [0.4, 0.5) is 0 Å². The standard InChI is InChI=1S/C15H25N3O3/c1-20-15(13-6-5-7-16-10-13)17-21-12-14(19)11-18-8-3-2-4-9-18/h6,10,14,19H,2-5,7-9,11-12H2,1H3/b17-15-. The van der Waals surface area contributed by atoms with Gasteiger partial charge in [0, 0.05) is 19.3 Å². The molecule has 0 bridgehead atoms. The molecule has 1 atom stereocenters. The molecule has 0 radical (unpaired) electrons. The van der Waals surface area contributed by atoms with Crippen molar-refractivity contribution in [3.8, 4) is 0 Å². The number of dihydropyridines is 1. The molecule has 6 heteroatoms. The zero-order valence-corrected chi connectivity index (χ0v) is 12.7. The Bertz CT molecular complexity index is 401. The highest BCUT2D eigenvalue weighted by Gasteiger charge is 2.15. The van der Waals surface area contributed by atoms with E-state index in [0.29, 0.717) is 12.4 Å². The molecule has 0 spiro atoms. The number of ether oxygens (including phenoxy) is 1. The van der Waals surface area contributed by atoms with Crippen LogP contribution in [-0.2, 0) is 9.57 Å². The molecule has 0 aromatic carbocycles. The molecule has 1 saturated heterocycles. The second-order valence-corrected chi connectivity index (χ2v) is 5.39. The summed E-state index contributed by atoms with van der Waals surface area (Å²) >= 11 is 0. The molecule has 0 aromatic heterocycles. The van der Waals surface area contributed by atoms with E-state index in [-0.39, 0.29) is 6.61 Å². The van der Waals surface area contributed by atoms with Gasteiger partial charge in [0.25, 0.3) is 5.90 Å². The number of oxime groups is 1. The van der Waals surface area contributed by atoms with Crippen molar-refractivity contribution in [3.63, 3.8) is 0 Å². The van der Waals surface area contributed by atoms with E-state index in [9.17, 15) is 5.11 Å². The highest BCUT2D eigenvalue weighted by Crippen LogP contribution is 2.09. The first-order valence-corrected chi connectivity index (χ1v) is 7.64. The van der Waals surface area contributed by atoms with E-state index in [2.05, 4.69) is 15.0 Å². The SMILES string of the molecule is CO/C(=N\OCC(O)CN1CCCCC1)C1=CCCN=C1. The van der Waals surface area contributed by atoms with Crippen LogP contribution in [0.25, 0.3) is 0 Å². The van der Waals surface area contributed by atoms with Gasteiger partial charge in [-0.15, -0.1) is 0 Å². The second-order valence-electron chi connectivity index (χ2n) is 5.39. The van der Waals surface area contributed by atoms with Gasteiger partial charge in [0.1, 0.15) is 12.7 Å². The van der Waals surface area contributed by atoms with Crippen LogP contribution in [0.3, 0.4) is 0 Å². The molecule has 0 saturated carbocycles. The third-order valence-corrected chi connectivity index (χ3v) is 3.63. The van der Waals surface area contributed by atoms with Crippen LogP contribution in [0, 0.1) is 0 Å². The van der Waals surface area contributed by atoms with Crippen LogP contribution in [0.15, 0.2) is 21.8 Å².